The van der Waals surface area contributed by atoms with E-state index in [0.29, 0.717) is 5.41 Å². The van der Waals surface area contributed by atoms with Crippen LogP contribution in [0, 0.1) is 16.2 Å². The Kier molecular flexibility index (Phi) is 0.894. The number of hydrogen-bond acceptors (Lipinski definition) is 0. The molecule has 4 rings (SSSR count). The van der Waals surface area contributed by atoms with Gasteiger partial charge in [-0.15, -0.1) is 0 Å². The summed E-state index contributed by atoms with van der Waals surface area (Å²) in [5.74, 6) is 0. The van der Waals surface area contributed by atoms with Crippen LogP contribution in [-0.2, 0) is 0 Å². The van der Waals surface area contributed by atoms with Crippen molar-refractivity contribution in [1.82, 2.24) is 0 Å². The van der Waals surface area contributed by atoms with Gasteiger partial charge in [-0.3, -0.25) is 0 Å². The van der Waals surface area contributed by atoms with Gasteiger partial charge in [0.25, 0.3) is 0 Å². The van der Waals surface area contributed by atoms with Crippen LogP contribution in [-0.4, -0.2) is 0 Å². The minimum Gasteiger partial charge on any atom is -0.0993 e. The molecule has 0 N–H and O–H groups in total. The molecule has 0 aromatic carbocycles. The van der Waals surface area contributed by atoms with Gasteiger partial charge >= 0.3 is 0 Å². The van der Waals surface area contributed by atoms with Crippen molar-refractivity contribution in [3.8, 4) is 0 Å². The van der Waals surface area contributed by atoms with Gasteiger partial charge in [-0.05, 0) is 67.6 Å². The smallest absolute Gasteiger partial charge is 0.00427 e. The van der Waals surface area contributed by atoms with Crippen LogP contribution in [0.1, 0.15) is 51.4 Å². The maximum Gasteiger partial charge on any atom is -0.00427 e. The third kappa shape index (κ3) is 0.825. The van der Waals surface area contributed by atoms with Crippen molar-refractivity contribution in [2.75, 3.05) is 0 Å². The fourth-order valence-electron chi connectivity index (χ4n) is 4.22. The fourth-order valence-corrected chi connectivity index (χ4v) is 4.22. The molecule has 0 atom stereocenters. The van der Waals surface area contributed by atoms with E-state index in [9.17, 15) is 0 Å². The highest BCUT2D eigenvalue weighted by molar-refractivity contribution is 5.35. The minimum absolute atomic E-state index is 0.686. The normalized spacial score (nSPS) is 39.8. The van der Waals surface area contributed by atoms with Crippen LogP contribution in [0.15, 0.2) is 12.2 Å². The first-order valence-electron chi connectivity index (χ1n) is 5.85. The molecule has 4 saturated carbocycles. The SMILES string of the molecule is C=C1CC12CC1(CC1)CC1(CC1)C2. The monoisotopic (exact) mass is 174 g/mol. The third-order valence-electron chi connectivity index (χ3n) is 5.27. The highest BCUT2D eigenvalue weighted by Gasteiger charge is 2.67. The summed E-state index contributed by atoms with van der Waals surface area (Å²) in [7, 11) is 0. The lowest BCUT2D eigenvalue weighted by atomic mass is 9.69. The lowest BCUT2D eigenvalue weighted by Crippen LogP contribution is -2.26. The lowest BCUT2D eigenvalue weighted by molar-refractivity contribution is 0.154. The molecule has 0 nitrogen and oxygen atoms in total. The van der Waals surface area contributed by atoms with Crippen LogP contribution in [0.2, 0.25) is 0 Å². The van der Waals surface area contributed by atoms with Crippen molar-refractivity contribution in [2.24, 2.45) is 16.2 Å². The molecule has 0 heterocycles. The highest BCUT2D eigenvalue weighted by atomic mass is 14.7. The zero-order valence-corrected chi connectivity index (χ0v) is 8.36. The van der Waals surface area contributed by atoms with E-state index < -0.39 is 0 Å². The van der Waals surface area contributed by atoms with Gasteiger partial charge in [0.2, 0.25) is 0 Å². The van der Waals surface area contributed by atoms with E-state index >= 15 is 0 Å². The number of hydrogen-bond donors (Lipinski definition) is 0. The molecule has 13 heavy (non-hydrogen) atoms. The number of allylic oxidation sites excluding steroid dienone is 1. The third-order valence-corrected chi connectivity index (χ3v) is 5.27. The van der Waals surface area contributed by atoms with Gasteiger partial charge < -0.3 is 0 Å². The Morgan fingerprint density at radius 1 is 0.846 bits per heavy atom. The van der Waals surface area contributed by atoms with E-state index in [-0.39, 0.29) is 0 Å². The first kappa shape index (κ1) is 7.09. The largest absolute Gasteiger partial charge is 0.0993 e. The first-order chi connectivity index (χ1) is 6.16. The molecule has 0 aromatic rings. The molecular weight excluding hydrogens is 156 g/mol. The number of rotatable bonds is 0. The van der Waals surface area contributed by atoms with Gasteiger partial charge in [-0.25, -0.2) is 0 Å². The molecule has 4 aliphatic rings. The van der Waals surface area contributed by atoms with Crippen LogP contribution in [0.4, 0.5) is 0 Å². The molecule has 0 unspecified atom stereocenters. The van der Waals surface area contributed by atoms with Gasteiger partial charge in [0.05, 0.1) is 0 Å². The van der Waals surface area contributed by atoms with E-state index in [4.69, 9.17) is 0 Å². The van der Waals surface area contributed by atoms with Crippen LogP contribution in [0.25, 0.3) is 0 Å². The molecule has 4 fully saturated rings. The molecule has 0 saturated heterocycles. The summed E-state index contributed by atoms with van der Waals surface area (Å²) in [6, 6.07) is 0. The average molecular weight is 174 g/mol. The lowest BCUT2D eigenvalue weighted by Gasteiger charge is -2.36. The van der Waals surface area contributed by atoms with Crippen molar-refractivity contribution < 1.29 is 0 Å². The van der Waals surface area contributed by atoms with Crippen LogP contribution >= 0.6 is 0 Å². The van der Waals surface area contributed by atoms with Gasteiger partial charge in [0, 0.05) is 0 Å². The Morgan fingerprint density at radius 3 is 1.62 bits per heavy atom. The van der Waals surface area contributed by atoms with Crippen LogP contribution < -0.4 is 0 Å². The summed E-state index contributed by atoms with van der Waals surface area (Å²) in [5, 5.41) is 0. The second kappa shape index (κ2) is 1.64. The highest BCUT2D eigenvalue weighted by Crippen LogP contribution is 2.78. The first-order valence-corrected chi connectivity index (χ1v) is 5.85. The van der Waals surface area contributed by atoms with Gasteiger partial charge in [0.1, 0.15) is 0 Å². The van der Waals surface area contributed by atoms with E-state index in [0.717, 1.165) is 10.8 Å². The van der Waals surface area contributed by atoms with Gasteiger partial charge in [-0.2, -0.15) is 0 Å². The van der Waals surface area contributed by atoms with Crippen molar-refractivity contribution in [3.63, 3.8) is 0 Å². The summed E-state index contributed by atoms with van der Waals surface area (Å²) in [5.41, 5.74) is 3.97. The summed E-state index contributed by atoms with van der Waals surface area (Å²) in [4.78, 5) is 0. The van der Waals surface area contributed by atoms with E-state index in [1.54, 1.807) is 37.7 Å². The molecule has 0 bridgehead atoms. The molecule has 0 radical (unpaired) electrons. The van der Waals surface area contributed by atoms with Crippen molar-refractivity contribution >= 4 is 0 Å². The molecular formula is C13H18. The van der Waals surface area contributed by atoms with Gasteiger partial charge in [0.15, 0.2) is 0 Å². The Hall–Kier alpha value is -0.260. The molecule has 3 spiro atoms. The minimum atomic E-state index is 0.686. The molecule has 0 aromatic heterocycles. The fraction of sp³-hybridized carbons (Fsp3) is 0.846. The standard InChI is InChI=1S/C13H18/c1-10-6-13(10)8-11(2-3-11)7-12(9-13)4-5-12/h1-9H2. The second-order valence-corrected chi connectivity index (χ2v) is 6.59. The Labute approximate surface area is 80.4 Å². The van der Waals surface area contributed by atoms with E-state index in [1.807, 2.05) is 0 Å². The van der Waals surface area contributed by atoms with E-state index in [1.165, 1.54) is 19.3 Å². The summed E-state index contributed by atoms with van der Waals surface area (Å²) in [6.07, 6.45) is 12.2. The quantitative estimate of drug-likeness (QED) is 0.491. The summed E-state index contributed by atoms with van der Waals surface area (Å²) in [6.45, 7) is 4.23. The van der Waals surface area contributed by atoms with Crippen molar-refractivity contribution in [3.05, 3.63) is 12.2 Å². The predicted octanol–water partition coefficient (Wildman–Crippen LogP) is 3.68. The van der Waals surface area contributed by atoms with Gasteiger partial charge in [-0.1, -0.05) is 12.2 Å². The molecule has 0 aliphatic heterocycles. The zero-order chi connectivity index (χ0) is 8.73. The van der Waals surface area contributed by atoms with Crippen molar-refractivity contribution in [1.29, 1.82) is 0 Å². The molecule has 4 aliphatic carbocycles. The summed E-state index contributed by atoms with van der Waals surface area (Å²) < 4.78 is 0. The van der Waals surface area contributed by atoms with Crippen LogP contribution in [0.3, 0.4) is 0 Å². The van der Waals surface area contributed by atoms with Crippen LogP contribution in [0.5, 0.6) is 0 Å². The summed E-state index contributed by atoms with van der Waals surface area (Å²) >= 11 is 0. The van der Waals surface area contributed by atoms with E-state index in [2.05, 4.69) is 6.58 Å². The Morgan fingerprint density at radius 2 is 1.31 bits per heavy atom. The predicted molar refractivity (Wildman–Crippen MR) is 53.4 cm³/mol. The molecule has 70 valence electrons. The Bertz CT molecular complexity index is 282. The van der Waals surface area contributed by atoms with Crippen molar-refractivity contribution in [2.45, 2.75) is 51.4 Å². The maximum absolute atomic E-state index is 4.23. The average Bonchev–Trinajstić information content (AvgIpc) is 2.96. The molecule has 0 amide bonds. The molecule has 0 heteroatoms. The zero-order valence-electron chi connectivity index (χ0n) is 8.36. The second-order valence-electron chi connectivity index (χ2n) is 6.59. The maximum atomic E-state index is 4.23. The Balaban J connectivity index is 1.71. The topological polar surface area (TPSA) is 0 Å².